The van der Waals surface area contributed by atoms with Gasteiger partial charge in [0.2, 0.25) is 5.91 Å². The molecule has 1 saturated carbocycles. The summed E-state index contributed by atoms with van der Waals surface area (Å²) >= 11 is 0. The highest BCUT2D eigenvalue weighted by molar-refractivity contribution is 6.04. The minimum absolute atomic E-state index is 0. The largest absolute Gasteiger partial charge is 0.352 e. The number of carbonyl (C=O) groups excluding carboxylic acids is 2. The van der Waals surface area contributed by atoms with E-state index in [1.54, 1.807) is 24.5 Å². The van der Waals surface area contributed by atoms with Gasteiger partial charge in [0.05, 0.1) is 0 Å². The van der Waals surface area contributed by atoms with Crippen LogP contribution in [-0.2, 0) is 11.3 Å². The molecule has 0 saturated heterocycles. The van der Waals surface area contributed by atoms with E-state index in [1.807, 2.05) is 24.3 Å². The number of aromatic nitrogens is 1. The standard InChI is InChI=1S/C20H24N4O2.2ClH/c21-17-5-2-4-16(12-17)19(25)23-13-14-3-1-6-18(11-14)24-20(26)15-7-9-22-10-8-15;;/h1,3,6-11,16-17H,2,4-5,12-13,21H2,(H,23,25)(H,24,26);2*1H. The lowest BCUT2D eigenvalue weighted by Gasteiger charge is -2.25. The number of hydrogen-bond acceptors (Lipinski definition) is 4. The Morgan fingerprint density at radius 1 is 1.11 bits per heavy atom. The minimum Gasteiger partial charge on any atom is -0.352 e. The molecule has 1 aromatic carbocycles. The first-order valence-electron chi connectivity index (χ1n) is 8.95. The van der Waals surface area contributed by atoms with Crippen LogP contribution in [0.5, 0.6) is 0 Å². The van der Waals surface area contributed by atoms with Gasteiger partial charge in [-0.05, 0) is 49.1 Å². The van der Waals surface area contributed by atoms with Crippen molar-refractivity contribution in [1.82, 2.24) is 10.3 Å². The molecule has 1 fully saturated rings. The van der Waals surface area contributed by atoms with Crippen LogP contribution in [0.1, 0.15) is 41.6 Å². The van der Waals surface area contributed by atoms with Crippen molar-refractivity contribution in [2.24, 2.45) is 11.7 Å². The Balaban J connectivity index is 0.00000196. The number of amides is 2. The highest BCUT2D eigenvalue weighted by Gasteiger charge is 2.24. The van der Waals surface area contributed by atoms with Crippen LogP contribution in [0.15, 0.2) is 48.8 Å². The van der Waals surface area contributed by atoms with Crippen molar-refractivity contribution in [3.8, 4) is 0 Å². The number of nitrogens with zero attached hydrogens (tertiary/aromatic N) is 1. The van der Waals surface area contributed by atoms with Crippen molar-refractivity contribution in [1.29, 1.82) is 0 Å². The summed E-state index contributed by atoms with van der Waals surface area (Å²) < 4.78 is 0. The molecule has 2 atom stereocenters. The third-order valence-corrected chi connectivity index (χ3v) is 4.68. The summed E-state index contributed by atoms with van der Waals surface area (Å²) in [6, 6.07) is 10.9. The smallest absolute Gasteiger partial charge is 0.255 e. The normalized spacial score (nSPS) is 18.2. The summed E-state index contributed by atoms with van der Waals surface area (Å²) in [5, 5.41) is 5.85. The summed E-state index contributed by atoms with van der Waals surface area (Å²) in [4.78, 5) is 28.4. The van der Waals surface area contributed by atoms with Crippen molar-refractivity contribution in [2.75, 3.05) is 5.32 Å². The molecule has 8 heteroatoms. The number of nitrogens with one attached hydrogen (secondary N) is 2. The molecule has 1 aromatic heterocycles. The van der Waals surface area contributed by atoms with Gasteiger partial charge < -0.3 is 16.4 Å². The number of halogens is 2. The summed E-state index contributed by atoms with van der Waals surface area (Å²) in [7, 11) is 0. The second-order valence-electron chi connectivity index (χ2n) is 6.73. The summed E-state index contributed by atoms with van der Waals surface area (Å²) in [6.45, 7) is 0.434. The summed E-state index contributed by atoms with van der Waals surface area (Å²) in [5.74, 6) is -0.121. The number of benzene rings is 1. The summed E-state index contributed by atoms with van der Waals surface area (Å²) in [5.41, 5.74) is 8.14. The van der Waals surface area contributed by atoms with Crippen molar-refractivity contribution < 1.29 is 9.59 Å². The van der Waals surface area contributed by atoms with Crippen LogP contribution < -0.4 is 16.4 Å². The van der Waals surface area contributed by atoms with Gasteiger partial charge in [-0.15, -0.1) is 24.8 Å². The molecule has 1 heterocycles. The molecule has 2 unspecified atom stereocenters. The number of nitrogens with two attached hydrogens (primary N) is 1. The van der Waals surface area contributed by atoms with Crippen LogP contribution in [0.4, 0.5) is 5.69 Å². The fraction of sp³-hybridized carbons (Fsp3) is 0.350. The topological polar surface area (TPSA) is 97.1 Å². The number of rotatable bonds is 5. The molecule has 1 aliphatic carbocycles. The van der Waals surface area contributed by atoms with Crippen molar-refractivity contribution >= 4 is 42.3 Å². The Morgan fingerprint density at radius 3 is 2.57 bits per heavy atom. The lowest BCUT2D eigenvalue weighted by Crippen LogP contribution is -2.37. The molecule has 2 amide bonds. The molecule has 1 aliphatic rings. The lowest BCUT2D eigenvalue weighted by atomic mass is 9.85. The van der Waals surface area contributed by atoms with Gasteiger partial charge in [-0.2, -0.15) is 0 Å². The Bertz CT molecular complexity index is 774. The highest BCUT2D eigenvalue weighted by atomic mass is 35.5. The molecule has 3 rings (SSSR count). The van der Waals surface area contributed by atoms with Crippen molar-refractivity contribution in [3.63, 3.8) is 0 Å². The van der Waals surface area contributed by atoms with Crippen LogP contribution in [0, 0.1) is 5.92 Å². The van der Waals surface area contributed by atoms with Gasteiger partial charge in [0.1, 0.15) is 0 Å². The van der Waals surface area contributed by atoms with Gasteiger partial charge in [-0.3, -0.25) is 14.6 Å². The number of anilines is 1. The first-order chi connectivity index (χ1) is 12.6. The van der Waals surface area contributed by atoms with Gasteiger partial charge in [0, 0.05) is 42.1 Å². The first-order valence-corrected chi connectivity index (χ1v) is 8.95. The Kier molecular flexibility index (Phi) is 9.93. The monoisotopic (exact) mass is 424 g/mol. The Labute approximate surface area is 177 Å². The maximum absolute atomic E-state index is 12.3. The second kappa shape index (κ2) is 11.6. The third kappa shape index (κ3) is 6.78. The van der Waals surface area contributed by atoms with E-state index in [0.29, 0.717) is 17.8 Å². The van der Waals surface area contributed by atoms with E-state index in [9.17, 15) is 9.59 Å². The average Bonchev–Trinajstić information content (AvgIpc) is 2.67. The zero-order valence-corrected chi connectivity index (χ0v) is 17.1. The first kappa shape index (κ1) is 23.9. The molecule has 0 bridgehead atoms. The maximum Gasteiger partial charge on any atom is 0.255 e. The van der Waals surface area contributed by atoms with Crippen molar-refractivity contribution in [3.05, 3.63) is 59.9 Å². The van der Waals surface area contributed by atoms with Gasteiger partial charge in [0.25, 0.3) is 5.91 Å². The molecule has 0 aliphatic heterocycles. The lowest BCUT2D eigenvalue weighted by molar-refractivity contribution is -0.126. The zero-order valence-electron chi connectivity index (χ0n) is 15.5. The van der Waals surface area contributed by atoms with Crippen molar-refractivity contribution in [2.45, 2.75) is 38.3 Å². The van der Waals surface area contributed by atoms with Gasteiger partial charge in [-0.25, -0.2) is 0 Å². The predicted molar refractivity (Wildman–Crippen MR) is 115 cm³/mol. The number of pyridine rings is 1. The molecule has 28 heavy (non-hydrogen) atoms. The fourth-order valence-electron chi connectivity index (χ4n) is 3.26. The fourth-order valence-corrected chi connectivity index (χ4v) is 3.26. The molecule has 0 radical (unpaired) electrons. The number of carbonyl (C=O) groups is 2. The van der Waals surface area contributed by atoms with Gasteiger partial charge >= 0.3 is 0 Å². The molecule has 152 valence electrons. The van der Waals surface area contributed by atoms with E-state index in [4.69, 9.17) is 5.73 Å². The van der Waals surface area contributed by atoms with E-state index in [-0.39, 0.29) is 48.6 Å². The number of hydrogen-bond donors (Lipinski definition) is 3. The highest BCUT2D eigenvalue weighted by Crippen LogP contribution is 2.23. The molecule has 4 N–H and O–H groups in total. The maximum atomic E-state index is 12.3. The SMILES string of the molecule is Cl.Cl.NC1CCCC(C(=O)NCc2cccc(NC(=O)c3ccncc3)c2)C1. The van der Waals surface area contributed by atoms with Crippen LogP contribution in [-0.4, -0.2) is 22.8 Å². The zero-order chi connectivity index (χ0) is 18.4. The quantitative estimate of drug-likeness (QED) is 0.685. The van der Waals surface area contributed by atoms with Crippen LogP contribution in [0.2, 0.25) is 0 Å². The van der Waals surface area contributed by atoms with Gasteiger partial charge in [-0.1, -0.05) is 18.6 Å². The van der Waals surface area contributed by atoms with E-state index < -0.39 is 0 Å². The Morgan fingerprint density at radius 2 is 1.86 bits per heavy atom. The third-order valence-electron chi connectivity index (χ3n) is 4.68. The van der Waals surface area contributed by atoms with Crippen LogP contribution in [0.3, 0.4) is 0 Å². The average molecular weight is 425 g/mol. The van der Waals surface area contributed by atoms with E-state index >= 15 is 0 Å². The van der Waals surface area contributed by atoms with E-state index in [2.05, 4.69) is 15.6 Å². The predicted octanol–water partition coefficient (Wildman–Crippen LogP) is 3.31. The second-order valence-corrected chi connectivity index (χ2v) is 6.73. The molecular weight excluding hydrogens is 399 g/mol. The molecule has 0 spiro atoms. The minimum atomic E-state index is -0.190. The van der Waals surface area contributed by atoms with Crippen LogP contribution in [0.25, 0.3) is 0 Å². The summed E-state index contributed by atoms with van der Waals surface area (Å²) in [6.07, 6.45) is 6.84. The van der Waals surface area contributed by atoms with Gasteiger partial charge in [0.15, 0.2) is 0 Å². The molecule has 2 aromatic rings. The van der Waals surface area contributed by atoms with E-state index in [0.717, 1.165) is 31.2 Å². The molecular formula is C20H26Cl2N4O2. The van der Waals surface area contributed by atoms with Crippen LogP contribution >= 0.6 is 24.8 Å². The Hall–Kier alpha value is -2.15. The van der Waals surface area contributed by atoms with E-state index in [1.165, 1.54) is 0 Å². The molecule has 6 nitrogen and oxygen atoms in total.